The number of methoxy groups -OCH3 is 1. The van der Waals surface area contributed by atoms with Crippen molar-refractivity contribution in [3.05, 3.63) is 102 Å². The molecule has 6 rings (SSSR count). The lowest BCUT2D eigenvalue weighted by molar-refractivity contribution is 0.0696. The first-order chi connectivity index (χ1) is 19.4. The number of anilines is 2. The van der Waals surface area contributed by atoms with Crippen molar-refractivity contribution in [1.29, 1.82) is 0 Å². The van der Waals surface area contributed by atoms with Gasteiger partial charge in [0.2, 0.25) is 5.89 Å². The molecule has 9 heteroatoms. The number of benzene rings is 4. The molecule has 0 bridgehead atoms. The van der Waals surface area contributed by atoms with Crippen molar-refractivity contribution in [3.8, 4) is 22.6 Å². The van der Waals surface area contributed by atoms with Gasteiger partial charge in [-0.2, -0.15) is 0 Å². The van der Waals surface area contributed by atoms with E-state index in [-0.39, 0.29) is 16.7 Å². The molecule has 2 amide bonds. The minimum atomic E-state index is -1.18. The monoisotopic (exact) mass is 533 g/mol. The lowest BCUT2D eigenvalue weighted by atomic mass is 10.1. The third-order valence-corrected chi connectivity index (χ3v) is 6.74. The minimum absolute atomic E-state index is 0.0454. The number of carboxylic acid groups (broad SMARTS) is 1. The minimum Gasteiger partial charge on any atom is -0.478 e. The molecule has 2 N–H and O–H groups in total. The lowest BCUT2D eigenvalue weighted by Crippen LogP contribution is -2.29. The molecule has 1 aliphatic rings. The number of nitrogens with zero attached hydrogens (tertiary/aromatic N) is 2. The molecular weight excluding hydrogens is 510 g/mol. The quantitative estimate of drug-likeness (QED) is 0.192. The molecule has 9 nitrogen and oxygen atoms in total. The van der Waals surface area contributed by atoms with Gasteiger partial charge in [0.15, 0.2) is 5.58 Å². The van der Waals surface area contributed by atoms with Crippen molar-refractivity contribution in [2.75, 3.05) is 30.5 Å². The van der Waals surface area contributed by atoms with Crippen molar-refractivity contribution in [2.45, 2.75) is 0 Å². The Hall–Kier alpha value is -5.28. The highest BCUT2D eigenvalue weighted by Crippen LogP contribution is 2.37. The van der Waals surface area contributed by atoms with Gasteiger partial charge in [0.05, 0.1) is 34.5 Å². The van der Waals surface area contributed by atoms with Crippen molar-refractivity contribution in [3.63, 3.8) is 0 Å². The standard InChI is InChI=1S/C31H23N3O6/c1-39-14-13-32-25-11-9-21(34-29(35)22-10-7-20(31(37)38)15-23(22)30(34)36)17-24(25)28-33-26-16-19(8-12-27(26)40-28)18-5-3-2-4-6-18/h2-12,15-17,32H,13-14H2,1H3,(H,37,38). The van der Waals surface area contributed by atoms with Gasteiger partial charge in [0.1, 0.15) is 5.52 Å². The van der Waals surface area contributed by atoms with Crippen molar-refractivity contribution < 1.29 is 28.6 Å². The molecule has 0 saturated carbocycles. The Kier molecular flexibility index (Phi) is 6.33. The van der Waals surface area contributed by atoms with E-state index in [1.165, 1.54) is 18.2 Å². The van der Waals surface area contributed by atoms with Gasteiger partial charge in [0.25, 0.3) is 11.8 Å². The highest BCUT2D eigenvalue weighted by Gasteiger charge is 2.37. The Morgan fingerprint density at radius 1 is 0.900 bits per heavy atom. The number of aromatic carboxylic acids is 1. The summed E-state index contributed by atoms with van der Waals surface area (Å²) in [7, 11) is 1.61. The van der Waals surface area contributed by atoms with Gasteiger partial charge in [-0.05, 0) is 59.7 Å². The third kappa shape index (κ3) is 4.38. The van der Waals surface area contributed by atoms with E-state index >= 15 is 0 Å². The number of imide groups is 1. The number of amides is 2. The van der Waals surface area contributed by atoms with Crippen LogP contribution in [0.1, 0.15) is 31.1 Å². The number of fused-ring (bicyclic) bond motifs is 2. The molecule has 40 heavy (non-hydrogen) atoms. The first-order valence-electron chi connectivity index (χ1n) is 12.5. The fraction of sp³-hybridized carbons (Fsp3) is 0.0968. The molecule has 0 atom stereocenters. The summed E-state index contributed by atoms with van der Waals surface area (Å²) < 4.78 is 11.3. The molecule has 5 aromatic rings. The van der Waals surface area contributed by atoms with Crippen LogP contribution in [0.2, 0.25) is 0 Å². The van der Waals surface area contributed by atoms with Crippen LogP contribution in [-0.2, 0) is 4.74 Å². The van der Waals surface area contributed by atoms with E-state index < -0.39 is 17.8 Å². The number of carbonyl (C=O) groups is 3. The lowest BCUT2D eigenvalue weighted by Gasteiger charge is -2.17. The molecule has 0 fully saturated rings. The molecule has 4 aromatic carbocycles. The number of oxazole rings is 1. The molecule has 1 aromatic heterocycles. The van der Waals surface area contributed by atoms with Gasteiger partial charge < -0.3 is 19.6 Å². The first-order valence-corrected chi connectivity index (χ1v) is 12.5. The van der Waals surface area contributed by atoms with Gasteiger partial charge in [-0.3, -0.25) is 9.59 Å². The number of hydrogen-bond donors (Lipinski definition) is 2. The maximum atomic E-state index is 13.3. The van der Waals surface area contributed by atoms with Crippen LogP contribution in [-0.4, -0.2) is 48.1 Å². The number of nitrogens with one attached hydrogen (secondary N) is 1. The van der Waals surface area contributed by atoms with Crippen LogP contribution in [0.5, 0.6) is 0 Å². The molecule has 1 aliphatic heterocycles. The summed E-state index contributed by atoms with van der Waals surface area (Å²) in [5.41, 5.74) is 4.95. The van der Waals surface area contributed by atoms with E-state index in [4.69, 9.17) is 14.1 Å². The highest BCUT2D eigenvalue weighted by atomic mass is 16.5. The predicted octanol–water partition coefficient (Wildman–Crippen LogP) is 5.72. The molecule has 0 radical (unpaired) electrons. The molecule has 0 saturated heterocycles. The summed E-state index contributed by atoms with van der Waals surface area (Å²) in [4.78, 5) is 43.7. The Balaban J connectivity index is 1.42. The van der Waals surface area contributed by atoms with Crippen LogP contribution in [0.25, 0.3) is 33.7 Å². The number of rotatable bonds is 8. The zero-order chi connectivity index (χ0) is 27.8. The Bertz CT molecular complexity index is 1790. The Labute approximate surface area is 228 Å². The number of aromatic nitrogens is 1. The topological polar surface area (TPSA) is 122 Å². The number of carboxylic acids is 1. The van der Waals surface area contributed by atoms with Gasteiger partial charge in [-0.15, -0.1) is 0 Å². The van der Waals surface area contributed by atoms with Crippen LogP contribution in [0.15, 0.2) is 89.3 Å². The maximum Gasteiger partial charge on any atom is 0.335 e. The Morgan fingerprint density at radius 2 is 1.70 bits per heavy atom. The first kappa shape index (κ1) is 25.0. The second-order valence-electron chi connectivity index (χ2n) is 9.23. The summed E-state index contributed by atoms with van der Waals surface area (Å²) in [5.74, 6) is -2.00. The second kappa shape index (κ2) is 10.1. The fourth-order valence-corrected chi connectivity index (χ4v) is 4.75. The molecule has 198 valence electrons. The number of hydrogen-bond acceptors (Lipinski definition) is 7. The number of carbonyl (C=O) groups excluding carboxylic acids is 2. The molecule has 0 aliphatic carbocycles. The highest BCUT2D eigenvalue weighted by molar-refractivity contribution is 6.34. The largest absolute Gasteiger partial charge is 0.478 e. The van der Waals surface area contributed by atoms with Crippen LogP contribution >= 0.6 is 0 Å². The fourth-order valence-electron chi connectivity index (χ4n) is 4.75. The molecule has 0 unspecified atom stereocenters. The molecule has 0 spiro atoms. The average Bonchev–Trinajstić information content (AvgIpc) is 3.51. The van der Waals surface area contributed by atoms with E-state index in [2.05, 4.69) is 5.32 Å². The van der Waals surface area contributed by atoms with E-state index in [1.807, 2.05) is 48.5 Å². The maximum absolute atomic E-state index is 13.3. The van der Waals surface area contributed by atoms with Gasteiger partial charge in [-0.1, -0.05) is 36.4 Å². The Morgan fingerprint density at radius 3 is 2.48 bits per heavy atom. The van der Waals surface area contributed by atoms with Crippen molar-refractivity contribution in [1.82, 2.24) is 4.98 Å². The van der Waals surface area contributed by atoms with Gasteiger partial charge in [0, 0.05) is 19.3 Å². The molecule has 2 heterocycles. The smallest absolute Gasteiger partial charge is 0.335 e. The van der Waals surface area contributed by atoms with E-state index in [0.717, 1.165) is 16.0 Å². The zero-order valence-electron chi connectivity index (χ0n) is 21.4. The average molecular weight is 534 g/mol. The van der Waals surface area contributed by atoms with Crippen LogP contribution in [0.3, 0.4) is 0 Å². The summed E-state index contributed by atoms with van der Waals surface area (Å²) >= 11 is 0. The normalized spacial score (nSPS) is 12.7. The summed E-state index contributed by atoms with van der Waals surface area (Å²) in [5, 5.41) is 12.6. The second-order valence-corrected chi connectivity index (χ2v) is 9.23. The van der Waals surface area contributed by atoms with Crippen molar-refractivity contribution >= 4 is 40.3 Å². The summed E-state index contributed by atoms with van der Waals surface area (Å²) in [6, 6.07) is 24.7. The summed E-state index contributed by atoms with van der Waals surface area (Å²) in [6.45, 7) is 0.964. The van der Waals surface area contributed by atoms with Crippen LogP contribution < -0.4 is 10.2 Å². The number of ether oxygens (including phenoxy) is 1. The van der Waals surface area contributed by atoms with Crippen LogP contribution in [0.4, 0.5) is 11.4 Å². The SMILES string of the molecule is COCCNc1ccc(N2C(=O)c3ccc(C(=O)O)cc3C2=O)cc1-c1nc2cc(-c3ccccc3)ccc2o1. The zero-order valence-corrected chi connectivity index (χ0v) is 21.4. The van der Waals surface area contributed by atoms with Gasteiger partial charge in [-0.25, -0.2) is 14.7 Å². The van der Waals surface area contributed by atoms with E-state index in [1.54, 1.807) is 25.3 Å². The predicted molar refractivity (Wildman–Crippen MR) is 150 cm³/mol. The van der Waals surface area contributed by atoms with Crippen molar-refractivity contribution in [2.24, 2.45) is 0 Å². The van der Waals surface area contributed by atoms with E-state index in [0.29, 0.717) is 47.1 Å². The van der Waals surface area contributed by atoms with Gasteiger partial charge >= 0.3 is 5.97 Å². The van der Waals surface area contributed by atoms with E-state index in [9.17, 15) is 19.5 Å². The summed E-state index contributed by atoms with van der Waals surface area (Å²) in [6.07, 6.45) is 0. The van der Waals surface area contributed by atoms with Crippen LogP contribution in [0, 0.1) is 0 Å². The third-order valence-electron chi connectivity index (χ3n) is 6.74. The molecular formula is C31H23N3O6.